The summed E-state index contributed by atoms with van der Waals surface area (Å²) in [7, 11) is 1.58. The zero-order chi connectivity index (χ0) is 7.28. The van der Waals surface area contributed by atoms with Crippen molar-refractivity contribution in [1.29, 1.82) is 0 Å². The van der Waals surface area contributed by atoms with Crippen LogP contribution in [0.25, 0.3) is 0 Å². The number of aliphatic hydroxyl groups is 1. The maximum Gasteiger partial charge on any atom is 0.101 e. The van der Waals surface area contributed by atoms with Crippen LogP contribution >= 0.6 is 0 Å². The average molecular weight is 130 g/mol. The highest BCUT2D eigenvalue weighted by molar-refractivity contribution is 4.89. The van der Waals surface area contributed by atoms with Gasteiger partial charge in [-0.05, 0) is 13.8 Å². The van der Waals surface area contributed by atoms with Gasteiger partial charge in [-0.3, -0.25) is 0 Å². The summed E-state index contributed by atoms with van der Waals surface area (Å²) < 4.78 is 4.92. The molecule has 0 aliphatic carbocycles. The standard InChI is InChI=1S/C7H14O2/c1-4-5-7(9-3)6(2)8/h4-8H,1-3H3/b5-4+/t6-,7+/m0/s1. The fraction of sp³-hybridized carbons (Fsp3) is 0.714. The zero-order valence-corrected chi connectivity index (χ0v) is 6.16. The second kappa shape index (κ2) is 4.53. The smallest absolute Gasteiger partial charge is 0.101 e. The highest BCUT2D eigenvalue weighted by Gasteiger charge is 2.07. The first kappa shape index (κ1) is 8.66. The summed E-state index contributed by atoms with van der Waals surface area (Å²) in [4.78, 5) is 0. The molecule has 0 aromatic rings. The predicted molar refractivity (Wildman–Crippen MR) is 37.3 cm³/mol. The maximum atomic E-state index is 8.97. The van der Waals surface area contributed by atoms with E-state index in [0.29, 0.717) is 0 Å². The van der Waals surface area contributed by atoms with Crippen molar-refractivity contribution in [2.24, 2.45) is 0 Å². The van der Waals surface area contributed by atoms with Crippen LogP contribution in [0.5, 0.6) is 0 Å². The van der Waals surface area contributed by atoms with Crippen LogP contribution in [-0.4, -0.2) is 24.4 Å². The normalized spacial score (nSPS) is 18.2. The summed E-state index contributed by atoms with van der Waals surface area (Å²) >= 11 is 0. The van der Waals surface area contributed by atoms with E-state index in [9.17, 15) is 0 Å². The molecule has 0 radical (unpaired) electrons. The molecule has 1 N–H and O–H groups in total. The van der Waals surface area contributed by atoms with Crippen molar-refractivity contribution < 1.29 is 9.84 Å². The van der Waals surface area contributed by atoms with Crippen LogP contribution in [0.2, 0.25) is 0 Å². The highest BCUT2D eigenvalue weighted by atomic mass is 16.5. The molecule has 0 aromatic carbocycles. The molecule has 2 nitrogen and oxygen atoms in total. The third kappa shape index (κ3) is 3.27. The van der Waals surface area contributed by atoms with Crippen molar-refractivity contribution in [3.05, 3.63) is 12.2 Å². The average Bonchev–Trinajstić information content (AvgIpc) is 1.82. The number of rotatable bonds is 3. The van der Waals surface area contributed by atoms with Crippen molar-refractivity contribution in [2.75, 3.05) is 7.11 Å². The van der Waals surface area contributed by atoms with Crippen LogP contribution < -0.4 is 0 Å². The largest absolute Gasteiger partial charge is 0.390 e. The topological polar surface area (TPSA) is 29.5 Å². The molecule has 0 saturated carbocycles. The van der Waals surface area contributed by atoms with Gasteiger partial charge in [0.05, 0.1) is 6.10 Å². The molecule has 0 aliphatic rings. The molecule has 0 aliphatic heterocycles. The lowest BCUT2D eigenvalue weighted by Gasteiger charge is -2.12. The van der Waals surface area contributed by atoms with Gasteiger partial charge < -0.3 is 9.84 Å². The van der Waals surface area contributed by atoms with Crippen LogP contribution in [0.1, 0.15) is 13.8 Å². The summed E-state index contributed by atoms with van der Waals surface area (Å²) in [5, 5.41) is 8.97. The van der Waals surface area contributed by atoms with E-state index in [-0.39, 0.29) is 6.10 Å². The van der Waals surface area contributed by atoms with Crippen molar-refractivity contribution >= 4 is 0 Å². The molecule has 0 unspecified atom stereocenters. The predicted octanol–water partition coefficient (Wildman–Crippen LogP) is 0.958. The summed E-state index contributed by atoms with van der Waals surface area (Å²) in [5.41, 5.74) is 0. The third-order valence-electron chi connectivity index (χ3n) is 1.13. The SMILES string of the molecule is C/C=C/[C@@H](OC)[C@H](C)O. The Kier molecular flexibility index (Phi) is 4.36. The molecular formula is C7H14O2. The molecule has 0 bridgehead atoms. The molecule has 0 aromatic heterocycles. The number of aliphatic hydroxyl groups excluding tert-OH is 1. The molecule has 0 amide bonds. The van der Waals surface area contributed by atoms with Crippen LogP contribution in [0.15, 0.2) is 12.2 Å². The van der Waals surface area contributed by atoms with E-state index in [2.05, 4.69) is 0 Å². The van der Waals surface area contributed by atoms with Crippen molar-refractivity contribution in [2.45, 2.75) is 26.1 Å². The Morgan fingerprint density at radius 1 is 1.56 bits per heavy atom. The van der Waals surface area contributed by atoms with Crippen LogP contribution in [-0.2, 0) is 4.74 Å². The fourth-order valence-electron chi connectivity index (χ4n) is 0.626. The van der Waals surface area contributed by atoms with Gasteiger partial charge in [0.2, 0.25) is 0 Å². The van der Waals surface area contributed by atoms with Gasteiger partial charge in [-0.25, -0.2) is 0 Å². The minimum Gasteiger partial charge on any atom is -0.390 e. The molecule has 0 spiro atoms. The number of hydrogen-bond acceptors (Lipinski definition) is 2. The number of ether oxygens (including phenoxy) is 1. The Morgan fingerprint density at radius 3 is 2.22 bits per heavy atom. The van der Waals surface area contributed by atoms with Gasteiger partial charge in [0.25, 0.3) is 0 Å². The molecule has 0 saturated heterocycles. The third-order valence-corrected chi connectivity index (χ3v) is 1.13. The van der Waals surface area contributed by atoms with Gasteiger partial charge in [-0.15, -0.1) is 0 Å². The first-order valence-corrected chi connectivity index (χ1v) is 3.06. The molecule has 0 fully saturated rings. The van der Waals surface area contributed by atoms with E-state index >= 15 is 0 Å². The summed E-state index contributed by atoms with van der Waals surface area (Å²) in [6.07, 6.45) is 3.10. The molecule has 9 heavy (non-hydrogen) atoms. The Hall–Kier alpha value is -0.340. The Labute approximate surface area is 56.1 Å². The first-order chi connectivity index (χ1) is 4.22. The molecule has 2 atom stereocenters. The van der Waals surface area contributed by atoms with Gasteiger partial charge in [0, 0.05) is 7.11 Å². The second-order valence-corrected chi connectivity index (χ2v) is 1.97. The van der Waals surface area contributed by atoms with E-state index < -0.39 is 6.10 Å². The van der Waals surface area contributed by atoms with Gasteiger partial charge in [0.15, 0.2) is 0 Å². The lowest BCUT2D eigenvalue weighted by Crippen LogP contribution is -2.22. The minimum atomic E-state index is -0.425. The van der Waals surface area contributed by atoms with Crippen LogP contribution in [0.4, 0.5) is 0 Å². The zero-order valence-electron chi connectivity index (χ0n) is 6.16. The summed E-state index contributed by atoms with van der Waals surface area (Å²) in [6, 6.07) is 0. The van der Waals surface area contributed by atoms with Gasteiger partial charge >= 0.3 is 0 Å². The Balaban J connectivity index is 3.68. The van der Waals surface area contributed by atoms with E-state index in [1.165, 1.54) is 0 Å². The molecule has 0 rings (SSSR count). The Bertz CT molecular complexity index is 86.9. The summed E-state index contributed by atoms with van der Waals surface area (Å²) in [6.45, 7) is 3.60. The highest BCUT2D eigenvalue weighted by Crippen LogP contribution is 1.98. The van der Waals surface area contributed by atoms with Gasteiger partial charge in [0.1, 0.15) is 6.10 Å². The van der Waals surface area contributed by atoms with Crippen LogP contribution in [0.3, 0.4) is 0 Å². The van der Waals surface area contributed by atoms with E-state index in [4.69, 9.17) is 9.84 Å². The van der Waals surface area contributed by atoms with Crippen LogP contribution in [0, 0.1) is 0 Å². The van der Waals surface area contributed by atoms with E-state index in [0.717, 1.165) is 0 Å². The quantitative estimate of drug-likeness (QED) is 0.576. The second-order valence-electron chi connectivity index (χ2n) is 1.97. The Morgan fingerprint density at radius 2 is 2.11 bits per heavy atom. The van der Waals surface area contributed by atoms with Crippen molar-refractivity contribution in [3.8, 4) is 0 Å². The molecule has 2 heteroatoms. The first-order valence-electron chi connectivity index (χ1n) is 3.06. The van der Waals surface area contributed by atoms with Gasteiger partial charge in [-0.2, -0.15) is 0 Å². The molecule has 54 valence electrons. The lowest BCUT2D eigenvalue weighted by atomic mass is 10.2. The minimum absolute atomic E-state index is 0.157. The number of methoxy groups -OCH3 is 1. The van der Waals surface area contributed by atoms with Crippen molar-refractivity contribution in [1.82, 2.24) is 0 Å². The molecular weight excluding hydrogens is 116 g/mol. The fourth-order valence-corrected chi connectivity index (χ4v) is 0.626. The number of allylic oxidation sites excluding steroid dienone is 1. The van der Waals surface area contributed by atoms with E-state index in [1.54, 1.807) is 14.0 Å². The number of hydrogen-bond donors (Lipinski definition) is 1. The lowest BCUT2D eigenvalue weighted by molar-refractivity contribution is 0.0276. The monoisotopic (exact) mass is 130 g/mol. The van der Waals surface area contributed by atoms with E-state index in [1.807, 2.05) is 19.1 Å². The van der Waals surface area contributed by atoms with Crippen molar-refractivity contribution in [3.63, 3.8) is 0 Å². The maximum absolute atomic E-state index is 8.97. The summed E-state index contributed by atoms with van der Waals surface area (Å²) in [5.74, 6) is 0. The molecule has 0 heterocycles. The van der Waals surface area contributed by atoms with Gasteiger partial charge in [-0.1, -0.05) is 12.2 Å².